The van der Waals surface area contributed by atoms with Crippen molar-refractivity contribution in [3.8, 4) is 5.75 Å². The summed E-state index contributed by atoms with van der Waals surface area (Å²) in [5.74, 6) is 2.03. The van der Waals surface area contributed by atoms with Gasteiger partial charge in [0.1, 0.15) is 11.6 Å². The molecule has 6 heteroatoms. The summed E-state index contributed by atoms with van der Waals surface area (Å²) in [6, 6.07) is 8.38. The average Bonchev–Trinajstić information content (AvgIpc) is 3.05. The van der Waals surface area contributed by atoms with Gasteiger partial charge in [-0.1, -0.05) is 25.0 Å². The van der Waals surface area contributed by atoms with Crippen LogP contribution in [-0.2, 0) is 4.79 Å². The van der Waals surface area contributed by atoms with E-state index in [1.165, 1.54) is 12.0 Å². The Morgan fingerprint density at radius 3 is 2.66 bits per heavy atom. The van der Waals surface area contributed by atoms with E-state index in [0.29, 0.717) is 5.91 Å². The minimum Gasteiger partial charge on any atom is -0.497 e. The number of piperidine rings is 1. The lowest BCUT2D eigenvalue weighted by atomic mass is 9.94. The predicted octanol–water partition coefficient (Wildman–Crippen LogP) is 3.85. The first-order valence-corrected chi connectivity index (χ1v) is 10.7. The molecule has 2 aromatic rings. The molecular formula is C23H30N4O2. The standard InChI is InChI=1S/C23H30N4O2/c1-29-20-10-8-18(9-11-20)21-7-3-2-4-15-27(21)23(28)19-6-5-14-26(17-19)22-16-24-12-13-25-22/h8-13,16,19,21H,2-7,14-15,17H2,1H3/t19-,21-/m1/s1. The molecule has 2 aliphatic heterocycles. The zero-order chi connectivity index (χ0) is 20.1. The number of nitrogens with zero attached hydrogens (tertiary/aromatic N) is 4. The fraction of sp³-hybridized carbons (Fsp3) is 0.522. The number of aromatic nitrogens is 2. The van der Waals surface area contributed by atoms with Crippen molar-refractivity contribution in [1.29, 1.82) is 0 Å². The van der Waals surface area contributed by atoms with E-state index in [9.17, 15) is 4.79 Å². The van der Waals surface area contributed by atoms with E-state index in [-0.39, 0.29) is 12.0 Å². The molecule has 6 nitrogen and oxygen atoms in total. The van der Waals surface area contributed by atoms with Crippen molar-refractivity contribution >= 4 is 11.7 Å². The van der Waals surface area contributed by atoms with Crippen molar-refractivity contribution < 1.29 is 9.53 Å². The van der Waals surface area contributed by atoms with Crippen molar-refractivity contribution in [2.24, 2.45) is 5.92 Å². The number of carbonyl (C=O) groups is 1. The lowest BCUT2D eigenvalue weighted by molar-refractivity contribution is -0.138. The summed E-state index contributed by atoms with van der Waals surface area (Å²) in [5, 5.41) is 0. The van der Waals surface area contributed by atoms with E-state index in [0.717, 1.165) is 63.3 Å². The van der Waals surface area contributed by atoms with Crippen LogP contribution < -0.4 is 9.64 Å². The molecule has 0 radical (unpaired) electrons. The minimum absolute atomic E-state index is 0.0182. The number of hydrogen-bond donors (Lipinski definition) is 0. The van der Waals surface area contributed by atoms with Crippen LogP contribution in [0.15, 0.2) is 42.9 Å². The molecule has 0 unspecified atom stereocenters. The lowest BCUT2D eigenvalue weighted by Crippen LogP contribution is -2.46. The highest BCUT2D eigenvalue weighted by Gasteiger charge is 2.34. The van der Waals surface area contributed by atoms with Gasteiger partial charge in [0.2, 0.25) is 5.91 Å². The number of anilines is 1. The molecule has 154 valence electrons. The zero-order valence-corrected chi connectivity index (χ0v) is 17.2. The Kier molecular flexibility index (Phi) is 6.27. The fourth-order valence-corrected chi connectivity index (χ4v) is 4.62. The Morgan fingerprint density at radius 2 is 1.90 bits per heavy atom. The van der Waals surface area contributed by atoms with Gasteiger partial charge < -0.3 is 14.5 Å². The van der Waals surface area contributed by atoms with E-state index >= 15 is 0 Å². The Labute approximate surface area is 172 Å². The summed E-state index contributed by atoms with van der Waals surface area (Å²) in [4.78, 5) is 26.6. The summed E-state index contributed by atoms with van der Waals surface area (Å²) in [7, 11) is 1.68. The van der Waals surface area contributed by atoms with Crippen LogP contribution in [0.2, 0.25) is 0 Å². The number of carbonyl (C=O) groups excluding carboxylic acids is 1. The molecule has 1 aromatic carbocycles. The van der Waals surface area contributed by atoms with Crippen molar-refractivity contribution in [2.75, 3.05) is 31.6 Å². The first kappa shape index (κ1) is 19.7. The summed E-state index contributed by atoms with van der Waals surface area (Å²) in [5.41, 5.74) is 1.21. The summed E-state index contributed by atoms with van der Waals surface area (Å²) in [6.07, 6.45) is 11.6. The Balaban J connectivity index is 1.52. The molecule has 2 aliphatic rings. The molecule has 2 atom stereocenters. The number of benzene rings is 1. The van der Waals surface area contributed by atoms with Crippen LogP contribution >= 0.6 is 0 Å². The van der Waals surface area contributed by atoms with Crippen LogP contribution in [0.5, 0.6) is 5.75 Å². The van der Waals surface area contributed by atoms with Crippen LogP contribution in [0, 0.1) is 5.92 Å². The van der Waals surface area contributed by atoms with Gasteiger partial charge in [0, 0.05) is 32.0 Å². The zero-order valence-electron chi connectivity index (χ0n) is 17.2. The first-order valence-electron chi connectivity index (χ1n) is 10.7. The summed E-state index contributed by atoms with van der Waals surface area (Å²) in [6.45, 7) is 2.50. The SMILES string of the molecule is COc1ccc([C@H]2CCCCCN2C(=O)[C@@H]2CCCN(c3cnccn3)C2)cc1. The van der Waals surface area contributed by atoms with Gasteiger partial charge in [-0.2, -0.15) is 0 Å². The van der Waals surface area contributed by atoms with E-state index in [1.54, 1.807) is 25.7 Å². The molecule has 0 saturated carbocycles. The summed E-state index contributed by atoms with van der Waals surface area (Å²) >= 11 is 0. The van der Waals surface area contributed by atoms with E-state index in [2.05, 4.69) is 31.9 Å². The van der Waals surface area contributed by atoms with Crippen LogP contribution in [0.3, 0.4) is 0 Å². The molecule has 0 aliphatic carbocycles. The molecule has 2 fully saturated rings. The van der Waals surface area contributed by atoms with Gasteiger partial charge in [-0.3, -0.25) is 9.78 Å². The monoisotopic (exact) mass is 394 g/mol. The number of rotatable bonds is 4. The molecule has 29 heavy (non-hydrogen) atoms. The molecule has 3 heterocycles. The minimum atomic E-state index is 0.0182. The van der Waals surface area contributed by atoms with Gasteiger partial charge in [0.05, 0.1) is 25.3 Å². The average molecular weight is 395 g/mol. The maximum atomic E-state index is 13.6. The number of hydrogen-bond acceptors (Lipinski definition) is 5. The molecule has 1 aromatic heterocycles. The first-order chi connectivity index (χ1) is 14.3. The van der Waals surface area contributed by atoms with Crippen molar-refractivity contribution in [3.63, 3.8) is 0 Å². The molecule has 0 bridgehead atoms. The normalized spacial score (nSPS) is 22.8. The van der Waals surface area contributed by atoms with Gasteiger partial charge in [-0.25, -0.2) is 4.98 Å². The quantitative estimate of drug-likeness (QED) is 0.788. The molecule has 2 saturated heterocycles. The van der Waals surface area contributed by atoms with Gasteiger partial charge in [-0.05, 0) is 43.4 Å². The highest BCUT2D eigenvalue weighted by molar-refractivity contribution is 5.80. The Bertz CT molecular complexity index is 796. The highest BCUT2D eigenvalue weighted by Crippen LogP contribution is 2.34. The summed E-state index contributed by atoms with van der Waals surface area (Å²) < 4.78 is 5.31. The van der Waals surface area contributed by atoms with Crippen molar-refractivity contribution in [2.45, 2.75) is 44.6 Å². The third-order valence-corrected chi connectivity index (χ3v) is 6.18. The van der Waals surface area contributed by atoms with Gasteiger partial charge >= 0.3 is 0 Å². The maximum Gasteiger partial charge on any atom is 0.227 e. The Hall–Kier alpha value is -2.63. The molecule has 0 spiro atoms. The Morgan fingerprint density at radius 1 is 1.03 bits per heavy atom. The van der Waals surface area contributed by atoms with Crippen LogP contribution in [0.25, 0.3) is 0 Å². The fourth-order valence-electron chi connectivity index (χ4n) is 4.62. The topological polar surface area (TPSA) is 58.6 Å². The number of methoxy groups -OCH3 is 1. The third-order valence-electron chi connectivity index (χ3n) is 6.18. The second-order valence-corrected chi connectivity index (χ2v) is 8.02. The van der Waals surface area contributed by atoms with Crippen LogP contribution in [0.4, 0.5) is 5.82 Å². The van der Waals surface area contributed by atoms with Gasteiger partial charge in [-0.15, -0.1) is 0 Å². The maximum absolute atomic E-state index is 13.6. The smallest absolute Gasteiger partial charge is 0.227 e. The van der Waals surface area contributed by atoms with Crippen LogP contribution in [-0.4, -0.2) is 47.5 Å². The van der Waals surface area contributed by atoms with Crippen molar-refractivity contribution in [3.05, 3.63) is 48.4 Å². The van der Waals surface area contributed by atoms with E-state index in [4.69, 9.17) is 4.74 Å². The van der Waals surface area contributed by atoms with E-state index in [1.807, 2.05) is 12.1 Å². The van der Waals surface area contributed by atoms with Gasteiger partial charge in [0.15, 0.2) is 0 Å². The lowest BCUT2D eigenvalue weighted by Gasteiger charge is -2.38. The molecule has 4 rings (SSSR count). The largest absolute Gasteiger partial charge is 0.497 e. The van der Waals surface area contributed by atoms with Gasteiger partial charge in [0.25, 0.3) is 0 Å². The molecule has 0 N–H and O–H groups in total. The third kappa shape index (κ3) is 4.52. The number of ether oxygens (including phenoxy) is 1. The second kappa shape index (κ2) is 9.25. The number of amides is 1. The van der Waals surface area contributed by atoms with Crippen LogP contribution in [0.1, 0.15) is 50.1 Å². The second-order valence-electron chi connectivity index (χ2n) is 8.02. The van der Waals surface area contributed by atoms with Crippen molar-refractivity contribution in [1.82, 2.24) is 14.9 Å². The number of likely N-dealkylation sites (tertiary alicyclic amines) is 1. The highest BCUT2D eigenvalue weighted by atomic mass is 16.5. The predicted molar refractivity (Wildman–Crippen MR) is 113 cm³/mol. The van der Waals surface area contributed by atoms with E-state index < -0.39 is 0 Å². The molecular weight excluding hydrogens is 364 g/mol. The molecule has 1 amide bonds.